The maximum atomic E-state index is 13.1. The fourth-order valence-corrected chi connectivity index (χ4v) is 1.17. The average molecular weight is 181 g/mol. The molecular formula is C7H4FN3O2. The van der Waals surface area contributed by atoms with Crippen molar-refractivity contribution >= 4 is 16.6 Å². The van der Waals surface area contributed by atoms with E-state index in [2.05, 4.69) is 9.97 Å². The molecule has 0 bridgehead atoms. The molecule has 13 heavy (non-hydrogen) atoms. The number of hydrogen-bond acceptors (Lipinski definition) is 3. The monoisotopic (exact) mass is 181 g/mol. The number of aromatic nitrogens is 2. The molecule has 0 saturated heterocycles. The van der Waals surface area contributed by atoms with Gasteiger partial charge in [0.1, 0.15) is 5.39 Å². The fourth-order valence-electron chi connectivity index (χ4n) is 1.17. The molecule has 66 valence electrons. The van der Waals surface area contributed by atoms with Crippen LogP contribution in [0.1, 0.15) is 0 Å². The van der Waals surface area contributed by atoms with E-state index in [-0.39, 0.29) is 11.1 Å². The fraction of sp³-hybridized carbons (Fsp3) is 0. The minimum Gasteiger partial charge on any atom is -0.354 e. The maximum Gasteiger partial charge on any atom is 0.297 e. The molecule has 2 aromatic rings. The molecule has 1 N–H and O–H groups in total. The van der Waals surface area contributed by atoms with Crippen molar-refractivity contribution in [1.82, 2.24) is 9.97 Å². The van der Waals surface area contributed by atoms with E-state index >= 15 is 0 Å². The zero-order valence-corrected chi connectivity index (χ0v) is 6.32. The van der Waals surface area contributed by atoms with Crippen LogP contribution >= 0.6 is 0 Å². The topological polar surface area (TPSA) is 71.8 Å². The Morgan fingerprint density at radius 3 is 3.00 bits per heavy atom. The summed E-state index contributed by atoms with van der Waals surface area (Å²) in [6.45, 7) is 0. The van der Waals surface area contributed by atoms with E-state index in [1.807, 2.05) is 0 Å². The first kappa shape index (κ1) is 7.66. The predicted molar refractivity (Wildman–Crippen MR) is 42.7 cm³/mol. The molecule has 0 aliphatic carbocycles. The van der Waals surface area contributed by atoms with Crippen molar-refractivity contribution in [3.63, 3.8) is 0 Å². The van der Waals surface area contributed by atoms with Crippen LogP contribution in [-0.4, -0.2) is 14.9 Å². The van der Waals surface area contributed by atoms with Gasteiger partial charge in [-0.2, -0.15) is 0 Å². The lowest BCUT2D eigenvalue weighted by molar-refractivity contribution is -0.383. The molecule has 0 aliphatic heterocycles. The Bertz CT molecular complexity index is 480. The van der Waals surface area contributed by atoms with Crippen molar-refractivity contribution in [2.24, 2.45) is 0 Å². The van der Waals surface area contributed by atoms with Crippen LogP contribution in [0.2, 0.25) is 0 Å². The van der Waals surface area contributed by atoms with E-state index in [0.29, 0.717) is 5.52 Å². The highest BCUT2D eigenvalue weighted by Crippen LogP contribution is 2.26. The number of fused-ring (bicyclic) bond motifs is 1. The number of halogens is 1. The van der Waals surface area contributed by atoms with E-state index in [1.54, 1.807) is 0 Å². The van der Waals surface area contributed by atoms with Crippen LogP contribution in [0.3, 0.4) is 0 Å². The summed E-state index contributed by atoms with van der Waals surface area (Å²) in [6.07, 6.45) is 3.43. The molecule has 2 heterocycles. The van der Waals surface area contributed by atoms with Gasteiger partial charge >= 0.3 is 0 Å². The summed E-state index contributed by atoms with van der Waals surface area (Å²) in [4.78, 5) is 15.9. The Balaban J connectivity index is 2.86. The van der Waals surface area contributed by atoms with Gasteiger partial charge in [0.05, 0.1) is 29.0 Å². The second-order valence-electron chi connectivity index (χ2n) is 2.47. The summed E-state index contributed by atoms with van der Waals surface area (Å²) in [5.74, 6) is -0.689. The Labute approximate surface area is 71.4 Å². The largest absolute Gasteiger partial charge is 0.354 e. The van der Waals surface area contributed by atoms with Gasteiger partial charge in [-0.25, -0.2) is 4.39 Å². The van der Waals surface area contributed by atoms with Crippen molar-refractivity contribution in [1.29, 1.82) is 0 Å². The van der Waals surface area contributed by atoms with Gasteiger partial charge in [0.15, 0.2) is 5.82 Å². The second-order valence-corrected chi connectivity index (χ2v) is 2.47. The summed E-state index contributed by atoms with van der Waals surface area (Å²) in [6, 6.07) is 0. The van der Waals surface area contributed by atoms with Crippen LogP contribution in [0.25, 0.3) is 10.9 Å². The molecule has 0 amide bonds. The van der Waals surface area contributed by atoms with Gasteiger partial charge in [-0.1, -0.05) is 0 Å². The third-order valence-electron chi connectivity index (χ3n) is 1.72. The van der Waals surface area contributed by atoms with Crippen molar-refractivity contribution in [3.8, 4) is 0 Å². The molecule has 5 nitrogen and oxygen atoms in total. The maximum absolute atomic E-state index is 13.1. The van der Waals surface area contributed by atoms with Crippen LogP contribution in [-0.2, 0) is 0 Å². The van der Waals surface area contributed by atoms with Gasteiger partial charge in [0, 0.05) is 0 Å². The molecule has 0 aliphatic rings. The Kier molecular flexibility index (Phi) is 1.48. The number of H-pyrrole nitrogens is 1. The second kappa shape index (κ2) is 2.51. The first-order chi connectivity index (χ1) is 6.20. The van der Waals surface area contributed by atoms with E-state index in [4.69, 9.17) is 0 Å². The zero-order chi connectivity index (χ0) is 9.42. The summed E-state index contributed by atoms with van der Waals surface area (Å²) in [7, 11) is 0. The zero-order valence-electron chi connectivity index (χ0n) is 6.32. The highest BCUT2D eigenvalue weighted by Gasteiger charge is 2.17. The Morgan fingerprint density at radius 1 is 1.54 bits per heavy atom. The van der Waals surface area contributed by atoms with Crippen molar-refractivity contribution < 1.29 is 9.31 Å². The molecular weight excluding hydrogens is 177 g/mol. The third-order valence-corrected chi connectivity index (χ3v) is 1.72. The van der Waals surface area contributed by atoms with Crippen molar-refractivity contribution in [3.05, 3.63) is 34.5 Å². The summed E-state index contributed by atoms with van der Waals surface area (Å²) in [5, 5.41) is 10.4. The smallest absolute Gasteiger partial charge is 0.297 e. The molecule has 0 radical (unpaired) electrons. The standard InChI is InChI=1S/C7H4FN3O2/c8-4-1-9-2-5-7(4)6(3-10-5)11(12)13/h1-3,10H. The summed E-state index contributed by atoms with van der Waals surface area (Å²) < 4.78 is 13.1. The molecule has 0 spiro atoms. The van der Waals surface area contributed by atoms with Crippen LogP contribution < -0.4 is 0 Å². The predicted octanol–water partition coefficient (Wildman–Crippen LogP) is 1.61. The van der Waals surface area contributed by atoms with Crippen LogP contribution in [0.5, 0.6) is 0 Å². The first-order valence-electron chi connectivity index (χ1n) is 3.45. The van der Waals surface area contributed by atoms with Crippen LogP contribution in [0.4, 0.5) is 10.1 Å². The first-order valence-corrected chi connectivity index (χ1v) is 3.45. The molecule has 0 aromatic carbocycles. The molecule has 0 atom stereocenters. The van der Waals surface area contributed by atoms with Crippen molar-refractivity contribution in [2.45, 2.75) is 0 Å². The summed E-state index contributed by atoms with van der Waals surface area (Å²) in [5.41, 5.74) is 0.0570. The number of nitrogens with zero attached hydrogens (tertiary/aromatic N) is 2. The highest BCUT2D eigenvalue weighted by molar-refractivity contribution is 5.88. The van der Waals surface area contributed by atoms with Gasteiger partial charge < -0.3 is 4.98 Å². The normalized spacial score (nSPS) is 10.5. The molecule has 2 aromatic heterocycles. The third kappa shape index (κ3) is 1.03. The molecule has 0 fully saturated rings. The minimum absolute atomic E-state index is 0.0278. The van der Waals surface area contributed by atoms with Gasteiger partial charge in [0.2, 0.25) is 0 Å². The van der Waals surface area contributed by atoms with E-state index in [9.17, 15) is 14.5 Å². The average Bonchev–Trinajstić information content (AvgIpc) is 2.49. The number of nitrogens with one attached hydrogen (secondary N) is 1. The van der Waals surface area contributed by atoms with Gasteiger partial charge in [-0.3, -0.25) is 15.1 Å². The van der Waals surface area contributed by atoms with Crippen LogP contribution in [0, 0.1) is 15.9 Å². The Hall–Kier alpha value is -1.98. The lowest BCUT2D eigenvalue weighted by atomic mass is 10.3. The lowest BCUT2D eigenvalue weighted by Gasteiger charge is -1.90. The van der Waals surface area contributed by atoms with Crippen LogP contribution in [0.15, 0.2) is 18.6 Å². The number of nitro groups is 1. The Morgan fingerprint density at radius 2 is 2.31 bits per heavy atom. The number of pyridine rings is 1. The lowest BCUT2D eigenvalue weighted by Crippen LogP contribution is -1.87. The highest BCUT2D eigenvalue weighted by atomic mass is 19.1. The van der Waals surface area contributed by atoms with Gasteiger partial charge in [-0.15, -0.1) is 0 Å². The number of aromatic amines is 1. The molecule has 0 unspecified atom stereocenters. The van der Waals surface area contributed by atoms with E-state index in [1.165, 1.54) is 6.20 Å². The number of hydrogen-bond donors (Lipinski definition) is 1. The molecule has 2 rings (SSSR count). The molecule has 0 saturated carbocycles. The SMILES string of the molecule is O=[N+]([O-])c1c[nH]c2cncc(F)c12. The molecule has 6 heteroatoms. The van der Waals surface area contributed by atoms with E-state index < -0.39 is 10.7 Å². The number of rotatable bonds is 1. The minimum atomic E-state index is -0.689. The summed E-state index contributed by atoms with van der Waals surface area (Å²) >= 11 is 0. The quantitative estimate of drug-likeness (QED) is 0.536. The van der Waals surface area contributed by atoms with Crippen molar-refractivity contribution in [2.75, 3.05) is 0 Å². The van der Waals surface area contributed by atoms with Gasteiger partial charge in [0.25, 0.3) is 5.69 Å². The van der Waals surface area contributed by atoms with Gasteiger partial charge in [-0.05, 0) is 0 Å². The van der Waals surface area contributed by atoms with E-state index in [0.717, 1.165) is 12.4 Å².